The summed E-state index contributed by atoms with van der Waals surface area (Å²) in [6.07, 6.45) is 13.7. The number of Topliss-reactive ketones (excluding diaryl/α,β-unsaturated/α-hetero) is 1. The zero-order valence-electron chi connectivity index (χ0n) is 19.5. The minimum absolute atomic E-state index is 0.0465. The average Bonchev–Trinajstić information content (AvgIpc) is 3.22. The van der Waals surface area contributed by atoms with E-state index in [2.05, 4.69) is 0 Å². The number of barbiturate groups is 1. The van der Waals surface area contributed by atoms with Crippen molar-refractivity contribution < 1.29 is 23.9 Å². The molecular weight excluding hydrogens is 408 g/mol. The van der Waals surface area contributed by atoms with Gasteiger partial charge in [0.2, 0.25) is 5.91 Å². The highest BCUT2D eigenvalue weighted by Gasteiger charge is 2.56. The third-order valence-electron chi connectivity index (χ3n) is 8.15. The fourth-order valence-electron chi connectivity index (χ4n) is 6.01. The van der Waals surface area contributed by atoms with Gasteiger partial charge < -0.3 is 4.74 Å². The number of urea groups is 1. The van der Waals surface area contributed by atoms with E-state index in [1.165, 1.54) is 26.3 Å². The summed E-state index contributed by atoms with van der Waals surface area (Å²) in [5.41, 5.74) is -0.605. The van der Waals surface area contributed by atoms with Crippen LogP contribution in [0, 0.1) is 10.8 Å². The molecule has 7 heteroatoms. The molecule has 2 atom stereocenters. The lowest BCUT2D eigenvalue weighted by Gasteiger charge is -2.42. The van der Waals surface area contributed by atoms with Crippen LogP contribution in [-0.2, 0) is 19.1 Å². The molecule has 7 nitrogen and oxygen atoms in total. The van der Waals surface area contributed by atoms with Crippen LogP contribution in [0.5, 0.6) is 0 Å². The van der Waals surface area contributed by atoms with Crippen molar-refractivity contribution in [2.24, 2.45) is 10.8 Å². The summed E-state index contributed by atoms with van der Waals surface area (Å²) in [5.74, 6) is -1.32. The number of carbonyl (C=O) groups excluding carboxylic acids is 4. The number of carbonyl (C=O) groups is 4. The Bertz CT molecular complexity index is 826. The summed E-state index contributed by atoms with van der Waals surface area (Å²) in [6.45, 7) is 1.85. The van der Waals surface area contributed by atoms with Crippen LogP contribution in [-0.4, -0.2) is 59.7 Å². The Labute approximate surface area is 190 Å². The van der Waals surface area contributed by atoms with Crippen LogP contribution in [0.1, 0.15) is 84.0 Å². The molecule has 32 heavy (non-hydrogen) atoms. The van der Waals surface area contributed by atoms with Gasteiger partial charge in [-0.3, -0.25) is 24.2 Å². The normalized spacial score (nSPS) is 31.5. The van der Waals surface area contributed by atoms with Gasteiger partial charge in [0.1, 0.15) is 11.5 Å². The van der Waals surface area contributed by atoms with Gasteiger partial charge in [-0.15, -0.1) is 0 Å². The SMILES string of the molecule is CN1C(=O)N(CC(=O)C2CC3(CCCCCCC3)CO2)C(=O)C(C)(C2=CCCCC2)C1=O. The maximum Gasteiger partial charge on any atom is 0.333 e. The molecule has 1 saturated carbocycles. The van der Waals surface area contributed by atoms with Crippen LogP contribution in [0.15, 0.2) is 11.6 Å². The number of ketones is 1. The zero-order valence-corrected chi connectivity index (χ0v) is 19.5. The Morgan fingerprint density at radius 3 is 2.38 bits per heavy atom. The van der Waals surface area contributed by atoms with E-state index in [0.29, 0.717) is 19.4 Å². The van der Waals surface area contributed by atoms with Crippen molar-refractivity contribution in [3.63, 3.8) is 0 Å². The Morgan fingerprint density at radius 2 is 1.72 bits per heavy atom. The standard InChI is InChI=1S/C25H36N2O5/c1-24(18-11-7-6-8-12-18)21(29)26(2)23(31)27(22(24)30)16-19(28)20-15-25(17-32-20)13-9-4-3-5-10-14-25/h11,20H,3-10,12-17H2,1-2H3. The maximum atomic E-state index is 13.5. The molecule has 1 spiro atoms. The Morgan fingerprint density at radius 1 is 1.03 bits per heavy atom. The summed E-state index contributed by atoms with van der Waals surface area (Å²) in [7, 11) is 1.39. The van der Waals surface area contributed by atoms with E-state index < -0.39 is 29.4 Å². The number of hydrogen-bond acceptors (Lipinski definition) is 5. The second-order valence-electron chi connectivity index (χ2n) is 10.4. The summed E-state index contributed by atoms with van der Waals surface area (Å²) < 4.78 is 5.94. The number of imide groups is 2. The summed E-state index contributed by atoms with van der Waals surface area (Å²) in [5, 5.41) is 0. The number of allylic oxidation sites excluding steroid dienone is 1. The molecule has 4 aliphatic rings. The van der Waals surface area contributed by atoms with Gasteiger partial charge in [-0.25, -0.2) is 4.79 Å². The van der Waals surface area contributed by atoms with Gasteiger partial charge in [0.15, 0.2) is 5.78 Å². The van der Waals surface area contributed by atoms with Gasteiger partial charge in [-0.05, 0) is 62.9 Å². The molecule has 3 fully saturated rings. The fourth-order valence-corrected chi connectivity index (χ4v) is 6.01. The van der Waals surface area contributed by atoms with Gasteiger partial charge in [-0.2, -0.15) is 0 Å². The van der Waals surface area contributed by atoms with Crippen LogP contribution < -0.4 is 0 Å². The molecule has 2 heterocycles. The van der Waals surface area contributed by atoms with E-state index in [-0.39, 0.29) is 17.7 Å². The average molecular weight is 445 g/mol. The van der Waals surface area contributed by atoms with Crippen LogP contribution in [0.2, 0.25) is 0 Å². The lowest BCUT2D eigenvalue weighted by molar-refractivity contribution is -0.155. The highest BCUT2D eigenvalue weighted by Crippen LogP contribution is 2.44. The highest BCUT2D eigenvalue weighted by molar-refractivity contribution is 6.21. The summed E-state index contributed by atoms with van der Waals surface area (Å²) >= 11 is 0. The molecule has 2 unspecified atom stereocenters. The first-order valence-electron chi connectivity index (χ1n) is 12.3. The number of ether oxygens (including phenoxy) is 1. The maximum absolute atomic E-state index is 13.5. The molecule has 2 aliphatic heterocycles. The molecule has 0 aromatic carbocycles. The van der Waals surface area contributed by atoms with Gasteiger partial charge in [0.25, 0.3) is 5.91 Å². The molecule has 2 saturated heterocycles. The van der Waals surface area contributed by atoms with Crippen molar-refractivity contribution in [3.8, 4) is 0 Å². The molecule has 0 N–H and O–H groups in total. The van der Waals surface area contributed by atoms with E-state index in [9.17, 15) is 19.2 Å². The first-order chi connectivity index (χ1) is 15.3. The second-order valence-corrected chi connectivity index (χ2v) is 10.4. The van der Waals surface area contributed by atoms with E-state index in [0.717, 1.165) is 60.3 Å². The van der Waals surface area contributed by atoms with E-state index in [4.69, 9.17) is 4.74 Å². The van der Waals surface area contributed by atoms with Crippen molar-refractivity contribution >= 4 is 23.6 Å². The zero-order chi connectivity index (χ0) is 22.9. The van der Waals surface area contributed by atoms with Crippen LogP contribution in [0.25, 0.3) is 0 Å². The molecular formula is C25H36N2O5. The Hall–Kier alpha value is -2.02. The van der Waals surface area contributed by atoms with Crippen molar-refractivity contribution in [2.45, 2.75) is 90.1 Å². The van der Waals surface area contributed by atoms with Gasteiger partial charge in [0, 0.05) is 7.05 Å². The molecule has 176 valence electrons. The monoisotopic (exact) mass is 444 g/mol. The van der Waals surface area contributed by atoms with Crippen LogP contribution in [0.3, 0.4) is 0 Å². The summed E-state index contributed by atoms with van der Waals surface area (Å²) in [4.78, 5) is 54.5. The van der Waals surface area contributed by atoms with Crippen LogP contribution in [0.4, 0.5) is 4.79 Å². The van der Waals surface area contributed by atoms with Crippen molar-refractivity contribution in [3.05, 3.63) is 11.6 Å². The van der Waals surface area contributed by atoms with Gasteiger partial charge in [-0.1, -0.05) is 38.2 Å². The first-order valence-corrected chi connectivity index (χ1v) is 12.3. The molecule has 0 aromatic rings. The largest absolute Gasteiger partial charge is 0.370 e. The number of rotatable bonds is 4. The molecule has 4 amide bonds. The third-order valence-corrected chi connectivity index (χ3v) is 8.15. The third kappa shape index (κ3) is 4.04. The predicted molar refractivity (Wildman–Crippen MR) is 119 cm³/mol. The Kier molecular flexibility index (Phi) is 6.57. The molecule has 0 bridgehead atoms. The van der Waals surface area contributed by atoms with E-state index in [1.54, 1.807) is 6.92 Å². The van der Waals surface area contributed by atoms with E-state index >= 15 is 0 Å². The lowest BCUT2D eigenvalue weighted by Crippen LogP contribution is -2.64. The molecule has 0 radical (unpaired) electrons. The first kappa shape index (κ1) is 23.1. The second kappa shape index (κ2) is 9.08. The highest BCUT2D eigenvalue weighted by atomic mass is 16.5. The van der Waals surface area contributed by atoms with Crippen molar-refractivity contribution in [1.29, 1.82) is 0 Å². The van der Waals surface area contributed by atoms with Crippen molar-refractivity contribution in [1.82, 2.24) is 9.80 Å². The topological polar surface area (TPSA) is 84.0 Å². The quantitative estimate of drug-likeness (QED) is 0.483. The number of amides is 4. The van der Waals surface area contributed by atoms with E-state index in [1.807, 2.05) is 6.08 Å². The minimum atomic E-state index is -1.42. The molecule has 2 aliphatic carbocycles. The number of hydrogen-bond donors (Lipinski definition) is 0. The van der Waals surface area contributed by atoms with Gasteiger partial charge in [0.05, 0.1) is 13.2 Å². The summed E-state index contributed by atoms with van der Waals surface area (Å²) in [6, 6.07) is -0.721. The minimum Gasteiger partial charge on any atom is -0.370 e. The van der Waals surface area contributed by atoms with Gasteiger partial charge >= 0.3 is 6.03 Å². The lowest BCUT2D eigenvalue weighted by atomic mass is 9.73. The fraction of sp³-hybridized carbons (Fsp3) is 0.760. The Balaban J connectivity index is 1.49. The van der Waals surface area contributed by atoms with Crippen molar-refractivity contribution in [2.75, 3.05) is 20.2 Å². The molecule has 0 aromatic heterocycles. The predicted octanol–water partition coefficient (Wildman–Crippen LogP) is 4.00. The van der Waals surface area contributed by atoms with Crippen LogP contribution >= 0.6 is 0 Å². The molecule has 4 rings (SSSR count). The number of nitrogens with zero attached hydrogens (tertiary/aromatic N) is 2. The smallest absolute Gasteiger partial charge is 0.333 e.